The zero-order chi connectivity index (χ0) is 11.0. The number of aromatic nitrogens is 3. The molecule has 3 rings (SSSR count). The smallest absolute Gasteiger partial charge is 0.128 e. The predicted octanol–water partition coefficient (Wildman–Crippen LogP) is 0.880. The summed E-state index contributed by atoms with van der Waals surface area (Å²) < 4.78 is 2.18. The molecule has 0 saturated carbocycles. The van der Waals surface area contributed by atoms with Crippen LogP contribution < -0.4 is 10.6 Å². The van der Waals surface area contributed by atoms with Gasteiger partial charge in [0, 0.05) is 31.7 Å². The SMILES string of the molecule is Nc1cncc(N2CCn3ccnc3C2)c1. The molecule has 5 heteroatoms. The van der Waals surface area contributed by atoms with Gasteiger partial charge in [0.1, 0.15) is 5.82 Å². The lowest BCUT2D eigenvalue weighted by Gasteiger charge is -2.29. The van der Waals surface area contributed by atoms with Crippen molar-refractivity contribution in [3.63, 3.8) is 0 Å². The fourth-order valence-corrected chi connectivity index (χ4v) is 2.01. The van der Waals surface area contributed by atoms with E-state index < -0.39 is 0 Å². The van der Waals surface area contributed by atoms with Gasteiger partial charge in [0.15, 0.2) is 0 Å². The topological polar surface area (TPSA) is 60.0 Å². The molecule has 82 valence electrons. The summed E-state index contributed by atoms with van der Waals surface area (Å²) in [6.07, 6.45) is 7.37. The standard InChI is InChI=1S/C11H13N5/c12-9-5-10(7-13-6-9)16-4-3-15-2-1-14-11(15)8-16/h1-2,5-7H,3-4,8,12H2. The molecular formula is C11H13N5. The molecule has 2 aromatic heterocycles. The molecule has 0 bridgehead atoms. The lowest BCUT2D eigenvalue weighted by atomic mass is 10.3. The summed E-state index contributed by atoms with van der Waals surface area (Å²) in [4.78, 5) is 10.7. The summed E-state index contributed by atoms with van der Waals surface area (Å²) in [5, 5.41) is 0. The van der Waals surface area contributed by atoms with E-state index in [1.807, 2.05) is 24.7 Å². The lowest BCUT2D eigenvalue weighted by Crippen LogP contribution is -2.33. The van der Waals surface area contributed by atoms with Crippen LogP contribution in [0.15, 0.2) is 30.9 Å². The minimum atomic E-state index is 0.700. The number of imidazole rings is 1. The van der Waals surface area contributed by atoms with Gasteiger partial charge in [0.25, 0.3) is 0 Å². The summed E-state index contributed by atoms with van der Waals surface area (Å²) in [6.45, 7) is 2.75. The second-order valence-electron chi connectivity index (χ2n) is 3.93. The van der Waals surface area contributed by atoms with Crippen LogP contribution in [0.2, 0.25) is 0 Å². The molecule has 16 heavy (non-hydrogen) atoms. The predicted molar refractivity (Wildman–Crippen MR) is 61.9 cm³/mol. The highest BCUT2D eigenvalue weighted by Crippen LogP contribution is 2.20. The molecule has 0 aliphatic carbocycles. The first kappa shape index (κ1) is 9.21. The van der Waals surface area contributed by atoms with Gasteiger partial charge in [-0.2, -0.15) is 0 Å². The maximum absolute atomic E-state index is 5.73. The molecule has 0 amide bonds. The van der Waals surface area contributed by atoms with Crippen LogP contribution in [0.5, 0.6) is 0 Å². The first-order chi connectivity index (χ1) is 7.83. The van der Waals surface area contributed by atoms with Crippen molar-refractivity contribution in [1.82, 2.24) is 14.5 Å². The molecule has 2 aromatic rings. The molecule has 2 N–H and O–H groups in total. The number of rotatable bonds is 1. The van der Waals surface area contributed by atoms with Gasteiger partial charge in [0.05, 0.1) is 24.1 Å². The number of hydrogen-bond donors (Lipinski definition) is 1. The molecule has 0 radical (unpaired) electrons. The van der Waals surface area contributed by atoms with E-state index in [9.17, 15) is 0 Å². The summed E-state index contributed by atoms with van der Waals surface area (Å²) in [5.41, 5.74) is 7.49. The van der Waals surface area contributed by atoms with Crippen LogP contribution >= 0.6 is 0 Å². The third kappa shape index (κ3) is 1.50. The third-order valence-corrected chi connectivity index (χ3v) is 2.85. The number of nitrogens with zero attached hydrogens (tertiary/aromatic N) is 4. The van der Waals surface area contributed by atoms with Crippen LogP contribution in [-0.4, -0.2) is 21.1 Å². The Morgan fingerprint density at radius 3 is 3.06 bits per heavy atom. The highest BCUT2D eigenvalue weighted by Gasteiger charge is 2.16. The van der Waals surface area contributed by atoms with Gasteiger partial charge in [-0.1, -0.05) is 0 Å². The molecule has 0 unspecified atom stereocenters. The summed E-state index contributed by atoms with van der Waals surface area (Å²) in [7, 11) is 0. The van der Waals surface area contributed by atoms with Crippen LogP contribution in [0.4, 0.5) is 11.4 Å². The van der Waals surface area contributed by atoms with E-state index in [-0.39, 0.29) is 0 Å². The van der Waals surface area contributed by atoms with Gasteiger partial charge >= 0.3 is 0 Å². The number of nitrogen functional groups attached to an aromatic ring is 1. The Bertz CT molecular complexity index is 505. The van der Waals surface area contributed by atoms with Gasteiger partial charge in [-0.25, -0.2) is 4.98 Å². The van der Waals surface area contributed by atoms with E-state index in [1.54, 1.807) is 6.20 Å². The molecule has 1 aliphatic rings. The number of hydrogen-bond acceptors (Lipinski definition) is 4. The number of pyridine rings is 1. The normalized spacial score (nSPS) is 14.9. The highest BCUT2D eigenvalue weighted by molar-refractivity contribution is 5.53. The number of anilines is 2. The van der Waals surface area contributed by atoms with Crippen LogP contribution in [0, 0.1) is 0 Å². The molecule has 5 nitrogen and oxygen atoms in total. The quantitative estimate of drug-likeness (QED) is 0.767. The minimum absolute atomic E-state index is 0.700. The molecule has 0 saturated heterocycles. The van der Waals surface area contributed by atoms with Gasteiger partial charge < -0.3 is 15.2 Å². The van der Waals surface area contributed by atoms with Crippen molar-refractivity contribution in [2.45, 2.75) is 13.1 Å². The number of fused-ring (bicyclic) bond motifs is 1. The molecule has 0 aromatic carbocycles. The van der Waals surface area contributed by atoms with Crippen molar-refractivity contribution < 1.29 is 0 Å². The van der Waals surface area contributed by atoms with E-state index in [0.717, 1.165) is 31.1 Å². The van der Waals surface area contributed by atoms with Crippen molar-refractivity contribution in [3.8, 4) is 0 Å². The maximum Gasteiger partial charge on any atom is 0.128 e. The average Bonchev–Trinajstić information content (AvgIpc) is 2.75. The van der Waals surface area contributed by atoms with Crippen LogP contribution in [-0.2, 0) is 13.1 Å². The van der Waals surface area contributed by atoms with Crippen molar-refractivity contribution in [1.29, 1.82) is 0 Å². The van der Waals surface area contributed by atoms with Gasteiger partial charge in [-0.3, -0.25) is 4.98 Å². The first-order valence-electron chi connectivity index (χ1n) is 5.28. The molecule has 3 heterocycles. The largest absolute Gasteiger partial charge is 0.397 e. The second-order valence-corrected chi connectivity index (χ2v) is 3.93. The Hall–Kier alpha value is -2.04. The van der Waals surface area contributed by atoms with Crippen molar-refractivity contribution in [2.75, 3.05) is 17.2 Å². The highest BCUT2D eigenvalue weighted by atomic mass is 15.2. The minimum Gasteiger partial charge on any atom is -0.397 e. The van der Waals surface area contributed by atoms with Crippen LogP contribution in [0.1, 0.15) is 5.82 Å². The maximum atomic E-state index is 5.73. The zero-order valence-electron chi connectivity index (χ0n) is 8.87. The first-order valence-corrected chi connectivity index (χ1v) is 5.28. The second kappa shape index (κ2) is 3.52. The summed E-state index contributed by atoms with van der Waals surface area (Å²) in [6, 6.07) is 1.95. The molecule has 1 aliphatic heterocycles. The lowest BCUT2D eigenvalue weighted by molar-refractivity contribution is 0.559. The Labute approximate surface area is 93.5 Å². The average molecular weight is 215 g/mol. The van der Waals surface area contributed by atoms with E-state index in [4.69, 9.17) is 5.73 Å². The Morgan fingerprint density at radius 1 is 1.25 bits per heavy atom. The Balaban J connectivity index is 1.88. The van der Waals surface area contributed by atoms with E-state index in [1.165, 1.54) is 0 Å². The Kier molecular flexibility index (Phi) is 2.02. The van der Waals surface area contributed by atoms with Crippen molar-refractivity contribution in [3.05, 3.63) is 36.7 Å². The van der Waals surface area contributed by atoms with Crippen LogP contribution in [0.3, 0.4) is 0 Å². The third-order valence-electron chi connectivity index (χ3n) is 2.85. The van der Waals surface area contributed by atoms with Gasteiger partial charge in [0.2, 0.25) is 0 Å². The molecular weight excluding hydrogens is 202 g/mol. The van der Waals surface area contributed by atoms with Crippen molar-refractivity contribution in [2.24, 2.45) is 0 Å². The van der Waals surface area contributed by atoms with E-state index in [2.05, 4.69) is 19.4 Å². The van der Waals surface area contributed by atoms with E-state index in [0.29, 0.717) is 5.69 Å². The summed E-state index contributed by atoms with van der Waals surface area (Å²) in [5.74, 6) is 1.09. The van der Waals surface area contributed by atoms with E-state index >= 15 is 0 Å². The fourth-order valence-electron chi connectivity index (χ4n) is 2.01. The molecule has 0 atom stereocenters. The van der Waals surface area contributed by atoms with Crippen molar-refractivity contribution >= 4 is 11.4 Å². The number of nitrogens with two attached hydrogens (primary N) is 1. The Morgan fingerprint density at radius 2 is 2.19 bits per heavy atom. The fraction of sp³-hybridized carbons (Fsp3) is 0.273. The zero-order valence-corrected chi connectivity index (χ0v) is 8.87. The van der Waals surface area contributed by atoms with Gasteiger partial charge in [-0.05, 0) is 6.07 Å². The molecule has 0 fully saturated rings. The van der Waals surface area contributed by atoms with Crippen LogP contribution in [0.25, 0.3) is 0 Å². The molecule has 0 spiro atoms. The summed E-state index contributed by atoms with van der Waals surface area (Å²) >= 11 is 0. The van der Waals surface area contributed by atoms with Gasteiger partial charge in [-0.15, -0.1) is 0 Å². The monoisotopic (exact) mass is 215 g/mol.